The molecule has 2 aromatic rings. The minimum absolute atomic E-state index is 0.239. The third-order valence-corrected chi connectivity index (χ3v) is 4.39. The van der Waals surface area contributed by atoms with Crippen molar-refractivity contribution in [3.63, 3.8) is 0 Å². The first kappa shape index (κ1) is 13.3. The van der Waals surface area contributed by atoms with Gasteiger partial charge in [0, 0.05) is 11.8 Å². The molecule has 0 amide bonds. The van der Waals surface area contributed by atoms with Gasteiger partial charge in [0.2, 0.25) is 0 Å². The van der Waals surface area contributed by atoms with Gasteiger partial charge in [0.05, 0.1) is 17.6 Å². The van der Waals surface area contributed by atoms with Gasteiger partial charge in [-0.2, -0.15) is 0 Å². The lowest BCUT2D eigenvalue weighted by atomic mass is 10.1. The molecule has 2 aromatic carbocycles. The third-order valence-electron chi connectivity index (χ3n) is 3.74. The predicted octanol–water partition coefficient (Wildman–Crippen LogP) is 4.26. The molecule has 3 rings (SSSR count). The molecule has 1 aliphatic rings. The van der Waals surface area contributed by atoms with E-state index in [0.29, 0.717) is 5.75 Å². The Morgan fingerprint density at radius 2 is 2.15 bits per heavy atom. The first-order valence-electron chi connectivity index (χ1n) is 6.60. The van der Waals surface area contributed by atoms with Crippen LogP contribution in [0.15, 0.2) is 40.9 Å². The zero-order valence-electron chi connectivity index (χ0n) is 11.2. The van der Waals surface area contributed by atoms with E-state index in [1.807, 2.05) is 24.3 Å². The van der Waals surface area contributed by atoms with Crippen LogP contribution in [0.1, 0.15) is 23.6 Å². The number of methoxy groups -OCH3 is 1. The van der Waals surface area contributed by atoms with Crippen molar-refractivity contribution in [2.24, 2.45) is 0 Å². The van der Waals surface area contributed by atoms with E-state index in [9.17, 15) is 5.11 Å². The Morgan fingerprint density at radius 1 is 1.30 bits per heavy atom. The summed E-state index contributed by atoms with van der Waals surface area (Å²) in [5.41, 5.74) is 3.27. The molecular formula is C16H16BrNO2. The highest BCUT2D eigenvalue weighted by Gasteiger charge is 2.24. The summed E-state index contributed by atoms with van der Waals surface area (Å²) >= 11 is 3.45. The van der Waals surface area contributed by atoms with Gasteiger partial charge in [-0.25, -0.2) is 0 Å². The molecule has 2 N–H and O–H groups in total. The highest BCUT2D eigenvalue weighted by atomic mass is 79.9. The minimum Gasteiger partial charge on any atom is -0.508 e. The lowest BCUT2D eigenvalue weighted by Gasteiger charge is -2.16. The molecule has 0 bridgehead atoms. The predicted molar refractivity (Wildman–Crippen MR) is 83.5 cm³/mol. The molecular weight excluding hydrogens is 318 g/mol. The number of hydrogen-bond donors (Lipinski definition) is 2. The highest BCUT2D eigenvalue weighted by Crippen LogP contribution is 2.39. The van der Waals surface area contributed by atoms with Gasteiger partial charge in [-0.1, -0.05) is 12.1 Å². The van der Waals surface area contributed by atoms with Crippen LogP contribution in [0.25, 0.3) is 0 Å². The maximum atomic E-state index is 9.88. The van der Waals surface area contributed by atoms with E-state index in [1.54, 1.807) is 13.2 Å². The molecule has 4 heteroatoms. The molecule has 0 saturated carbocycles. The SMILES string of the molecule is COc1cc(NC2CCc3c(O)cccc32)ccc1Br. The largest absolute Gasteiger partial charge is 0.508 e. The number of rotatable bonds is 3. The van der Waals surface area contributed by atoms with Crippen molar-refractivity contribution >= 4 is 21.6 Å². The zero-order valence-corrected chi connectivity index (χ0v) is 12.8. The number of fused-ring (bicyclic) bond motifs is 1. The number of anilines is 1. The third kappa shape index (κ3) is 2.36. The summed E-state index contributed by atoms with van der Waals surface area (Å²) in [4.78, 5) is 0. The lowest BCUT2D eigenvalue weighted by Crippen LogP contribution is -2.07. The molecule has 0 spiro atoms. The van der Waals surface area contributed by atoms with Gasteiger partial charge < -0.3 is 15.2 Å². The molecule has 0 aliphatic heterocycles. The van der Waals surface area contributed by atoms with Crippen molar-refractivity contribution in [2.75, 3.05) is 12.4 Å². The fourth-order valence-corrected chi connectivity index (χ4v) is 3.14. The Balaban J connectivity index is 1.86. The van der Waals surface area contributed by atoms with Crippen LogP contribution in [-0.2, 0) is 6.42 Å². The highest BCUT2D eigenvalue weighted by molar-refractivity contribution is 9.10. The Morgan fingerprint density at radius 3 is 2.95 bits per heavy atom. The van der Waals surface area contributed by atoms with Gasteiger partial charge in [-0.3, -0.25) is 0 Å². The monoisotopic (exact) mass is 333 g/mol. The van der Waals surface area contributed by atoms with Gasteiger partial charge in [-0.15, -0.1) is 0 Å². The molecule has 104 valence electrons. The number of phenols is 1. The van der Waals surface area contributed by atoms with Gasteiger partial charge in [0.1, 0.15) is 11.5 Å². The summed E-state index contributed by atoms with van der Waals surface area (Å²) < 4.78 is 6.25. The summed E-state index contributed by atoms with van der Waals surface area (Å²) in [6.45, 7) is 0. The maximum absolute atomic E-state index is 9.88. The molecule has 20 heavy (non-hydrogen) atoms. The normalized spacial score (nSPS) is 16.8. The van der Waals surface area contributed by atoms with Crippen molar-refractivity contribution in [1.82, 2.24) is 0 Å². The smallest absolute Gasteiger partial charge is 0.135 e. The topological polar surface area (TPSA) is 41.5 Å². The maximum Gasteiger partial charge on any atom is 0.135 e. The molecule has 0 radical (unpaired) electrons. The van der Waals surface area contributed by atoms with Crippen LogP contribution >= 0.6 is 15.9 Å². The molecule has 1 unspecified atom stereocenters. The second-order valence-corrected chi connectivity index (χ2v) is 5.78. The van der Waals surface area contributed by atoms with Crippen LogP contribution in [0, 0.1) is 0 Å². The Kier molecular flexibility index (Phi) is 3.57. The average molecular weight is 334 g/mol. The molecule has 1 aliphatic carbocycles. The molecule has 3 nitrogen and oxygen atoms in total. The van der Waals surface area contributed by atoms with E-state index < -0.39 is 0 Å². The number of hydrogen-bond acceptors (Lipinski definition) is 3. The van der Waals surface area contributed by atoms with E-state index in [4.69, 9.17) is 4.74 Å². The second-order valence-electron chi connectivity index (χ2n) is 4.93. The van der Waals surface area contributed by atoms with Crippen molar-refractivity contribution in [3.8, 4) is 11.5 Å². The summed E-state index contributed by atoms with van der Waals surface area (Å²) in [5.74, 6) is 1.21. The molecule has 1 atom stereocenters. The summed E-state index contributed by atoms with van der Waals surface area (Å²) in [7, 11) is 1.66. The summed E-state index contributed by atoms with van der Waals surface area (Å²) in [6, 6.07) is 11.9. The number of benzene rings is 2. The van der Waals surface area contributed by atoms with E-state index in [-0.39, 0.29) is 6.04 Å². The fourth-order valence-electron chi connectivity index (χ4n) is 2.74. The number of halogens is 1. The zero-order chi connectivity index (χ0) is 14.1. The second kappa shape index (κ2) is 5.37. The Labute approximate surface area is 126 Å². The lowest BCUT2D eigenvalue weighted by molar-refractivity contribution is 0.412. The van der Waals surface area contributed by atoms with Crippen molar-refractivity contribution in [2.45, 2.75) is 18.9 Å². The van der Waals surface area contributed by atoms with Gasteiger partial charge in [0.25, 0.3) is 0 Å². The van der Waals surface area contributed by atoms with E-state index >= 15 is 0 Å². The summed E-state index contributed by atoms with van der Waals surface area (Å²) in [5, 5.41) is 13.4. The fraction of sp³-hybridized carbons (Fsp3) is 0.250. The van der Waals surface area contributed by atoms with E-state index in [0.717, 1.165) is 34.3 Å². The molecule has 0 fully saturated rings. The standard InChI is InChI=1S/C16H16BrNO2/c1-20-16-9-10(5-7-13(16)17)18-14-8-6-12-11(14)3-2-4-15(12)19/h2-5,7,9,14,18-19H,6,8H2,1H3. The van der Waals surface area contributed by atoms with Crippen LogP contribution in [0.4, 0.5) is 5.69 Å². The van der Waals surface area contributed by atoms with E-state index in [1.165, 1.54) is 5.56 Å². The van der Waals surface area contributed by atoms with E-state index in [2.05, 4.69) is 27.3 Å². The van der Waals surface area contributed by atoms with Gasteiger partial charge in [0.15, 0.2) is 0 Å². The summed E-state index contributed by atoms with van der Waals surface area (Å²) in [6.07, 6.45) is 1.90. The quantitative estimate of drug-likeness (QED) is 0.881. The van der Waals surface area contributed by atoms with Crippen LogP contribution in [-0.4, -0.2) is 12.2 Å². The first-order valence-corrected chi connectivity index (χ1v) is 7.39. The van der Waals surface area contributed by atoms with Crippen LogP contribution in [0.3, 0.4) is 0 Å². The van der Waals surface area contributed by atoms with Crippen molar-refractivity contribution in [1.29, 1.82) is 0 Å². The average Bonchev–Trinajstić information content (AvgIpc) is 2.86. The number of phenolic OH excluding ortho intramolecular Hbond substituents is 1. The van der Waals surface area contributed by atoms with Crippen LogP contribution in [0.5, 0.6) is 11.5 Å². The van der Waals surface area contributed by atoms with Crippen LogP contribution in [0.2, 0.25) is 0 Å². The minimum atomic E-state index is 0.239. The van der Waals surface area contributed by atoms with Crippen molar-refractivity contribution < 1.29 is 9.84 Å². The Bertz CT molecular complexity index is 642. The molecule has 0 heterocycles. The number of aromatic hydroxyl groups is 1. The van der Waals surface area contributed by atoms with Gasteiger partial charge >= 0.3 is 0 Å². The van der Waals surface area contributed by atoms with Gasteiger partial charge in [-0.05, 0) is 58.1 Å². The number of nitrogens with one attached hydrogen (secondary N) is 1. The first-order chi connectivity index (χ1) is 9.69. The Hall–Kier alpha value is -1.68. The van der Waals surface area contributed by atoms with Crippen LogP contribution < -0.4 is 10.1 Å². The molecule has 0 saturated heterocycles. The molecule has 0 aromatic heterocycles. The van der Waals surface area contributed by atoms with Crippen molar-refractivity contribution in [3.05, 3.63) is 52.0 Å². The number of ether oxygens (including phenoxy) is 1.